The number of hydrogen-bond donors (Lipinski definition) is 1. The van der Waals surface area contributed by atoms with Gasteiger partial charge in [0.1, 0.15) is 12.3 Å². The molecule has 0 aliphatic carbocycles. The standard InChI is InChI=1S/C16H19N3O4S2/c1-12-8-9-24-15(12)10-17-18-16(20)11-19(25(3,21)22)13-4-6-14(23-2)7-5-13/h4-10H,11H2,1-3H3,(H,18,20)/b17-10-. The van der Waals surface area contributed by atoms with Crippen molar-refractivity contribution in [3.63, 3.8) is 0 Å². The summed E-state index contributed by atoms with van der Waals surface area (Å²) in [4.78, 5) is 13.0. The molecule has 1 N–H and O–H groups in total. The van der Waals surface area contributed by atoms with Crippen molar-refractivity contribution in [2.24, 2.45) is 5.10 Å². The van der Waals surface area contributed by atoms with Crippen LogP contribution in [-0.4, -0.2) is 40.4 Å². The van der Waals surface area contributed by atoms with Gasteiger partial charge in [-0.2, -0.15) is 5.10 Å². The van der Waals surface area contributed by atoms with Gasteiger partial charge in [-0.15, -0.1) is 11.3 Å². The van der Waals surface area contributed by atoms with E-state index in [0.717, 1.165) is 21.0 Å². The molecule has 7 nitrogen and oxygen atoms in total. The van der Waals surface area contributed by atoms with Gasteiger partial charge in [0.15, 0.2) is 0 Å². The van der Waals surface area contributed by atoms with Gasteiger partial charge in [0.05, 0.1) is 25.3 Å². The number of rotatable bonds is 7. The Bertz CT molecular complexity index is 858. The molecule has 2 rings (SSSR count). The maximum absolute atomic E-state index is 12.1. The molecule has 1 aromatic carbocycles. The maximum Gasteiger partial charge on any atom is 0.260 e. The molecule has 0 saturated heterocycles. The number of amides is 1. The molecule has 1 aromatic heterocycles. The molecular weight excluding hydrogens is 362 g/mol. The third kappa shape index (κ3) is 5.30. The molecule has 0 saturated carbocycles. The molecule has 0 aliphatic heterocycles. The first kappa shape index (κ1) is 18.9. The summed E-state index contributed by atoms with van der Waals surface area (Å²) in [5, 5.41) is 5.80. The first-order valence-electron chi connectivity index (χ1n) is 7.29. The molecular formula is C16H19N3O4S2. The predicted molar refractivity (Wildman–Crippen MR) is 100.0 cm³/mol. The van der Waals surface area contributed by atoms with Crippen molar-refractivity contribution in [1.82, 2.24) is 5.43 Å². The number of methoxy groups -OCH3 is 1. The van der Waals surface area contributed by atoms with E-state index < -0.39 is 15.9 Å². The van der Waals surface area contributed by atoms with Gasteiger partial charge in [0.25, 0.3) is 5.91 Å². The number of aryl methyl sites for hydroxylation is 1. The second kappa shape index (κ2) is 8.13. The number of sulfonamides is 1. The topological polar surface area (TPSA) is 88.1 Å². The van der Waals surface area contributed by atoms with Gasteiger partial charge in [0.2, 0.25) is 10.0 Å². The second-order valence-electron chi connectivity index (χ2n) is 5.23. The minimum atomic E-state index is -3.63. The minimum Gasteiger partial charge on any atom is -0.497 e. The highest BCUT2D eigenvalue weighted by molar-refractivity contribution is 7.92. The van der Waals surface area contributed by atoms with Crippen molar-refractivity contribution in [2.75, 3.05) is 24.2 Å². The SMILES string of the molecule is COc1ccc(N(CC(=O)N/N=C\c2sccc2C)S(C)(=O)=O)cc1. The third-order valence-electron chi connectivity index (χ3n) is 3.32. The number of carbonyl (C=O) groups excluding carboxylic acids is 1. The Labute approximate surface area is 151 Å². The van der Waals surface area contributed by atoms with Crippen molar-refractivity contribution in [3.05, 3.63) is 46.2 Å². The molecule has 2 aromatic rings. The van der Waals surface area contributed by atoms with Gasteiger partial charge in [-0.05, 0) is 48.2 Å². The highest BCUT2D eigenvalue weighted by atomic mass is 32.2. The highest BCUT2D eigenvalue weighted by Crippen LogP contribution is 2.21. The van der Waals surface area contributed by atoms with Crippen LogP contribution in [0.25, 0.3) is 0 Å². The fourth-order valence-electron chi connectivity index (χ4n) is 1.99. The zero-order valence-electron chi connectivity index (χ0n) is 14.1. The lowest BCUT2D eigenvalue weighted by Gasteiger charge is -2.21. The van der Waals surface area contributed by atoms with Crippen LogP contribution in [0.4, 0.5) is 5.69 Å². The van der Waals surface area contributed by atoms with E-state index in [-0.39, 0.29) is 6.54 Å². The monoisotopic (exact) mass is 381 g/mol. The normalized spacial score (nSPS) is 11.5. The van der Waals surface area contributed by atoms with Gasteiger partial charge in [-0.1, -0.05) is 0 Å². The van der Waals surface area contributed by atoms with Crippen molar-refractivity contribution >= 4 is 39.2 Å². The first-order chi connectivity index (χ1) is 11.8. The summed E-state index contributed by atoms with van der Waals surface area (Å²) in [6.07, 6.45) is 2.58. The number of benzene rings is 1. The van der Waals surface area contributed by atoms with E-state index in [2.05, 4.69) is 10.5 Å². The van der Waals surface area contributed by atoms with Crippen molar-refractivity contribution in [2.45, 2.75) is 6.92 Å². The summed E-state index contributed by atoms with van der Waals surface area (Å²) in [7, 11) is -2.11. The fourth-order valence-corrected chi connectivity index (χ4v) is 3.64. The predicted octanol–water partition coefficient (Wildman–Crippen LogP) is 1.98. The smallest absolute Gasteiger partial charge is 0.260 e. The highest BCUT2D eigenvalue weighted by Gasteiger charge is 2.20. The summed E-state index contributed by atoms with van der Waals surface area (Å²) >= 11 is 1.50. The van der Waals surface area contributed by atoms with E-state index in [0.29, 0.717) is 11.4 Å². The lowest BCUT2D eigenvalue weighted by atomic mass is 10.3. The third-order valence-corrected chi connectivity index (χ3v) is 5.41. The lowest BCUT2D eigenvalue weighted by Crippen LogP contribution is -2.38. The van der Waals surface area contributed by atoms with Crippen LogP contribution in [0.15, 0.2) is 40.8 Å². The van der Waals surface area contributed by atoms with Gasteiger partial charge < -0.3 is 4.74 Å². The Morgan fingerprint density at radius 3 is 2.52 bits per heavy atom. The van der Waals surface area contributed by atoms with E-state index in [1.807, 2.05) is 18.4 Å². The molecule has 1 amide bonds. The van der Waals surface area contributed by atoms with Crippen LogP contribution >= 0.6 is 11.3 Å². The minimum absolute atomic E-state index is 0.369. The number of hydrazone groups is 1. The quantitative estimate of drug-likeness (QED) is 0.587. The number of anilines is 1. The summed E-state index contributed by atoms with van der Waals surface area (Å²) in [5.41, 5.74) is 3.78. The van der Waals surface area contributed by atoms with E-state index in [1.54, 1.807) is 24.3 Å². The number of hydrogen-bond acceptors (Lipinski definition) is 6. The van der Waals surface area contributed by atoms with Crippen LogP contribution in [0.5, 0.6) is 5.75 Å². The van der Waals surface area contributed by atoms with Crippen LogP contribution in [0.1, 0.15) is 10.4 Å². The zero-order chi connectivity index (χ0) is 18.4. The summed E-state index contributed by atoms with van der Waals surface area (Å²) in [6, 6.07) is 8.35. The number of ether oxygens (including phenoxy) is 1. The van der Waals surface area contributed by atoms with Crippen molar-refractivity contribution in [1.29, 1.82) is 0 Å². The van der Waals surface area contributed by atoms with E-state index >= 15 is 0 Å². The number of thiophene rings is 1. The molecule has 0 spiro atoms. The van der Waals surface area contributed by atoms with Gasteiger partial charge >= 0.3 is 0 Å². The summed E-state index contributed by atoms with van der Waals surface area (Å²) in [5.74, 6) is 0.0595. The van der Waals surface area contributed by atoms with Gasteiger partial charge in [-0.25, -0.2) is 13.8 Å². The molecule has 1 heterocycles. The summed E-state index contributed by atoms with van der Waals surface area (Å²) in [6.45, 7) is 1.57. The van der Waals surface area contributed by atoms with E-state index in [9.17, 15) is 13.2 Å². The Kier molecular flexibility index (Phi) is 6.16. The number of carbonyl (C=O) groups is 1. The lowest BCUT2D eigenvalue weighted by molar-refractivity contribution is -0.119. The molecule has 25 heavy (non-hydrogen) atoms. The zero-order valence-corrected chi connectivity index (χ0v) is 15.7. The van der Waals surface area contributed by atoms with Crippen molar-refractivity contribution in [3.8, 4) is 5.75 Å². The number of nitrogens with zero attached hydrogens (tertiary/aromatic N) is 2. The van der Waals surface area contributed by atoms with E-state index in [1.165, 1.54) is 24.7 Å². The Morgan fingerprint density at radius 2 is 2.00 bits per heavy atom. The van der Waals surface area contributed by atoms with Gasteiger partial charge in [0, 0.05) is 4.88 Å². The molecule has 0 radical (unpaired) electrons. The molecule has 0 fully saturated rings. The Hall–Kier alpha value is -2.39. The van der Waals surface area contributed by atoms with Crippen LogP contribution < -0.4 is 14.5 Å². The van der Waals surface area contributed by atoms with Crippen LogP contribution in [0.2, 0.25) is 0 Å². The molecule has 134 valence electrons. The maximum atomic E-state index is 12.1. The van der Waals surface area contributed by atoms with Gasteiger partial charge in [-0.3, -0.25) is 9.10 Å². The van der Waals surface area contributed by atoms with Crippen LogP contribution in [-0.2, 0) is 14.8 Å². The molecule has 0 unspecified atom stereocenters. The number of nitrogens with one attached hydrogen (secondary N) is 1. The fraction of sp³-hybridized carbons (Fsp3) is 0.250. The average Bonchev–Trinajstić information content (AvgIpc) is 2.97. The van der Waals surface area contributed by atoms with Crippen LogP contribution in [0.3, 0.4) is 0 Å². The van der Waals surface area contributed by atoms with Crippen molar-refractivity contribution < 1.29 is 17.9 Å². The van der Waals surface area contributed by atoms with Crippen LogP contribution in [0, 0.1) is 6.92 Å². The average molecular weight is 381 g/mol. The molecule has 9 heteroatoms. The summed E-state index contributed by atoms with van der Waals surface area (Å²) < 4.78 is 30.1. The molecule has 0 aliphatic rings. The largest absolute Gasteiger partial charge is 0.497 e. The Morgan fingerprint density at radius 1 is 1.32 bits per heavy atom. The molecule has 0 atom stereocenters. The Balaban J connectivity index is 2.07. The first-order valence-corrected chi connectivity index (χ1v) is 10.0. The van der Waals surface area contributed by atoms with E-state index in [4.69, 9.17) is 4.74 Å². The molecule has 0 bridgehead atoms. The second-order valence-corrected chi connectivity index (χ2v) is 8.08.